The number of nitrogens with one attached hydrogen (secondary N) is 1. The van der Waals surface area contributed by atoms with Crippen LogP contribution in [0.15, 0.2) is 23.1 Å². The maximum Gasteiger partial charge on any atom is 0.240 e. The SMILES string of the molecule is CSCCC(C)NS(=O)(=O)c1ccc(F)c(C(N)=S)c1. The lowest BCUT2D eigenvalue weighted by Gasteiger charge is -2.14. The summed E-state index contributed by atoms with van der Waals surface area (Å²) < 4.78 is 40.3. The largest absolute Gasteiger partial charge is 0.389 e. The van der Waals surface area contributed by atoms with Gasteiger partial charge < -0.3 is 5.73 Å². The quantitative estimate of drug-likeness (QED) is 0.744. The monoisotopic (exact) mass is 336 g/mol. The lowest BCUT2D eigenvalue weighted by Crippen LogP contribution is -2.33. The molecule has 4 nitrogen and oxygen atoms in total. The van der Waals surface area contributed by atoms with Gasteiger partial charge in [-0.1, -0.05) is 12.2 Å². The topological polar surface area (TPSA) is 72.2 Å². The van der Waals surface area contributed by atoms with Crippen LogP contribution in [0.3, 0.4) is 0 Å². The van der Waals surface area contributed by atoms with E-state index in [0.717, 1.165) is 17.9 Å². The molecule has 8 heteroatoms. The van der Waals surface area contributed by atoms with Gasteiger partial charge in [-0.2, -0.15) is 11.8 Å². The van der Waals surface area contributed by atoms with Gasteiger partial charge in [0.2, 0.25) is 10.0 Å². The van der Waals surface area contributed by atoms with E-state index in [4.69, 9.17) is 18.0 Å². The molecule has 20 heavy (non-hydrogen) atoms. The van der Waals surface area contributed by atoms with Crippen molar-refractivity contribution in [2.45, 2.75) is 24.3 Å². The molecule has 0 bridgehead atoms. The van der Waals surface area contributed by atoms with Gasteiger partial charge in [0.25, 0.3) is 0 Å². The Hall–Kier alpha value is -0.700. The van der Waals surface area contributed by atoms with Crippen LogP contribution in [0.4, 0.5) is 4.39 Å². The highest BCUT2D eigenvalue weighted by atomic mass is 32.2. The minimum absolute atomic E-state index is 0.0438. The van der Waals surface area contributed by atoms with Gasteiger partial charge in [0.05, 0.1) is 4.90 Å². The molecule has 0 aliphatic carbocycles. The second-order valence-electron chi connectivity index (χ2n) is 4.31. The minimum Gasteiger partial charge on any atom is -0.389 e. The van der Waals surface area contributed by atoms with Crippen LogP contribution in [0.1, 0.15) is 18.9 Å². The van der Waals surface area contributed by atoms with Crippen molar-refractivity contribution in [3.63, 3.8) is 0 Å². The lowest BCUT2D eigenvalue weighted by molar-refractivity contribution is 0.556. The standard InChI is InChI=1S/C12H17FN2O2S3/c1-8(5-6-19-2)15-20(16,17)9-3-4-11(13)10(7-9)12(14)18/h3-4,7-8,15H,5-6H2,1-2H3,(H2,14,18). The normalized spacial score (nSPS) is 13.2. The van der Waals surface area contributed by atoms with Gasteiger partial charge in [-0.25, -0.2) is 17.5 Å². The van der Waals surface area contributed by atoms with Crippen molar-refractivity contribution in [3.8, 4) is 0 Å². The molecule has 0 radical (unpaired) electrons. The van der Waals surface area contributed by atoms with Crippen molar-refractivity contribution in [2.75, 3.05) is 12.0 Å². The molecule has 0 spiro atoms. The van der Waals surface area contributed by atoms with Crippen molar-refractivity contribution in [1.29, 1.82) is 0 Å². The summed E-state index contributed by atoms with van der Waals surface area (Å²) in [7, 11) is -3.70. The van der Waals surface area contributed by atoms with E-state index in [9.17, 15) is 12.8 Å². The van der Waals surface area contributed by atoms with Crippen LogP contribution in [-0.4, -0.2) is 31.5 Å². The first kappa shape index (κ1) is 17.4. The number of thioether (sulfide) groups is 1. The summed E-state index contributed by atoms with van der Waals surface area (Å²) >= 11 is 6.34. The third-order valence-corrected chi connectivity index (χ3v) is 5.08. The van der Waals surface area contributed by atoms with Gasteiger partial charge in [-0.15, -0.1) is 0 Å². The number of thiocarbonyl (C=S) groups is 1. The van der Waals surface area contributed by atoms with Gasteiger partial charge in [0, 0.05) is 11.6 Å². The highest BCUT2D eigenvalue weighted by molar-refractivity contribution is 7.98. The van der Waals surface area contributed by atoms with E-state index in [-0.39, 0.29) is 21.5 Å². The molecular weight excluding hydrogens is 319 g/mol. The van der Waals surface area contributed by atoms with Crippen LogP contribution >= 0.6 is 24.0 Å². The Kier molecular flexibility index (Phi) is 6.38. The highest BCUT2D eigenvalue weighted by Gasteiger charge is 2.19. The molecule has 112 valence electrons. The van der Waals surface area contributed by atoms with Crippen LogP contribution in [0.25, 0.3) is 0 Å². The van der Waals surface area contributed by atoms with Crippen LogP contribution in [0.2, 0.25) is 0 Å². The second kappa shape index (κ2) is 7.35. The van der Waals surface area contributed by atoms with Crippen LogP contribution in [0, 0.1) is 5.82 Å². The predicted molar refractivity (Wildman–Crippen MR) is 85.1 cm³/mol. The van der Waals surface area contributed by atoms with Crippen molar-refractivity contribution in [3.05, 3.63) is 29.6 Å². The average Bonchev–Trinajstić information content (AvgIpc) is 2.35. The van der Waals surface area contributed by atoms with E-state index in [0.29, 0.717) is 6.42 Å². The average molecular weight is 336 g/mol. The van der Waals surface area contributed by atoms with Crippen LogP contribution in [-0.2, 0) is 10.0 Å². The van der Waals surface area contributed by atoms with E-state index in [1.165, 1.54) is 6.07 Å². The third kappa shape index (κ3) is 4.69. The van der Waals surface area contributed by atoms with E-state index >= 15 is 0 Å². The zero-order valence-corrected chi connectivity index (χ0v) is 13.7. The number of nitrogens with two attached hydrogens (primary N) is 1. The number of halogens is 1. The third-order valence-electron chi connectivity index (χ3n) is 2.62. The van der Waals surface area contributed by atoms with Gasteiger partial charge in [0.15, 0.2) is 0 Å². The fourth-order valence-electron chi connectivity index (χ4n) is 1.55. The van der Waals surface area contributed by atoms with Crippen LogP contribution in [0.5, 0.6) is 0 Å². The first-order valence-corrected chi connectivity index (χ1v) is 9.17. The molecule has 0 amide bonds. The molecule has 1 unspecified atom stereocenters. The van der Waals surface area contributed by atoms with E-state index in [2.05, 4.69) is 4.72 Å². The molecule has 1 aromatic carbocycles. The Morgan fingerprint density at radius 2 is 2.20 bits per heavy atom. The maximum absolute atomic E-state index is 13.5. The summed E-state index contributed by atoms with van der Waals surface area (Å²) in [6, 6.07) is 3.20. The summed E-state index contributed by atoms with van der Waals surface area (Å²) in [5.41, 5.74) is 5.30. The van der Waals surface area contributed by atoms with E-state index in [1.54, 1.807) is 18.7 Å². The van der Waals surface area contributed by atoms with Gasteiger partial charge in [0.1, 0.15) is 10.8 Å². The lowest BCUT2D eigenvalue weighted by atomic mass is 10.2. The molecular formula is C12H17FN2O2S3. The number of rotatable bonds is 7. The van der Waals surface area contributed by atoms with Gasteiger partial charge in [-0.05, 0) is 43.6 Å². The smallest absolute Gasteiger partial charge is 0.240 e. The Morgan fingerprint density at radius 1 is 1.55 bits per heavy atom. The molecule has 0 aromatic heterocycles. The summed E-state index contributed by atoms with van der Waals surface area (Å²) in [5, 5.41) is 0. The molecule has 0 aliphatic heterocycles. The fraction of sp³-hybridized carbons (Fsp3) is 0.417. The molecule has 0 fully saturated rings. The molecule has 1 atom stereocenters. The zero-order valence-electron chi connectivity index (χ0n) is 11.2. The molecule has 0 heterocycles. The summed E-state index contributed by atoms with van der Waals surface area (Å²) in [6.07, 6.45) is 2.67. The fourth-order valence-corrected chi connectivity index (χ4v) is 3.60. The van der Waals surface area contributed by atoms with Crippen molar-refractivity contribution in [1.82, 2.24) is 4.72 Å². The molecule has 1 aromatic rings. The maximum atomic E-state index is 13.5. The number of sulfonamides is 1. The first-order chi connectivity index (χ1) is 9.27. The van der Waals surface area contributed by atoms with Crippen molar-refractivity contribution >= 4 is 39.0 Å². The Balaban J connectivity index is 2.98. The predicted octanol–water partition coefficient (Wildman–Crippen LogP) is 1.88. The number of hydrogen-bond acceptors (Lipinski definition) is 4. The molecule has 0 saturated carbocycles. The highest BCUT2D eigenvalue weighted by Crippen LogP contribution is 2.16. The molecule has 1 rings (SSSR count). The van der Waals surface area contributed by atoms with Gasteiger partial charge in [-0.3, -0.25) is 0 Å². The van der Waals surface area contributed by atoms with Gasteiger partial charge >= 0.3 is 0 Å². The Labute approximate surface area is 128 Å². The summed E-state index contributed by atoms with van der Waals surface area (Å²) in [4.78, 5) is -0.215. The minimum atomic E-state index is -3.70. The second-order valence-corrected chi connectivity index (χ2v) is 7.45. The van der Waals surface area contributed by atoms with E-state index in [1.807, 2.05) is 6.26 Å². The Bertz CT molecular complexity index is 590. The summed E-state index contributed by atoms with van der Waals surface area (Å²) in [5.74, 6) is 0.220. The number of benzene rings is 1. The van der Waals surface area contributed by atoms with E-state index < -0.39 is 15.8 Å². The molecule has 0 saturated heterocycles. The van der Waals surface area contributed by atoms with Crippen molar-refractivity contribution in [2.24, 2.45) is 5.73 Å². The molecule has 3 N–H and O–H groups in total. The Morgan fingerprint density at radius 3 is 2.75 bits per heavy atom. The number of hydrogen-bond donors (Lipinski definition) is 2. The molecule has 0 aliphatic rings. The zero-order chi connectivity index (χ0) is 15.3. The first-order valence-electron chi connectivity index (χ1n) is 5.88. The van der Waals surface area contributed by atoms with Crippen LogP contribution < -0.4 is 10.5 Å². The van der Waals surface area contributed by atoms with Crippen molar-refractivity contribution < 1.29 is 12.8 Å². The summed E-state index contributed by atoms with van der Waals surface area (Å²) in [6.45, 7) is 1.78.